The van der Waals surface area contributed by atoms with Crippen LogP contribution in [0.2, 0.25) is 0 Å². The van der Waals surface area contributed by atoms with E-state index in [1.54, 1.807) is 0 Å². The lowest BCUT2D eigenvalue weighted by Crippen LogP contribution is -2.28. The molecule has 4 heteroatoms. The van der Waals surface area contributed by atoms with Crippen molar-refractivity contribution in [1.29, 1.82) is 0 Å². The van der Waals surface area contributed by atoms with Crippen molar-refractivity contribution in [2.75, 3.05) is 0 Å². The lowest BCUT2D eigenvalue weighted by Gasteiger charge is -2.18. The molecule has 2 unspecified atom stereocenters. The highest BCUT2D eigenvalue weighted by molar-refractivity contribution is 6.16. The number of aromatic nitrogens is 2. The number of rotatable bonds is 2. The fourth-order valence-electron chi connectivity index (χ4n) is 3.07. The first-order chi connectivity index (χ1) is 9.20. The van der Waals surface area contributed by atoms with E-state index >= 15 is 0 Å². The van der Waals surface area contributed by atoms with Crippen LogP contribution in [0.1, 0.15) is 38.1 Å². The van der Waals surface area contributed by atoms with Crippen LogP contribution >= 0.6 is 11.6 Å². The molecular formula is C15H17ClN2O. The number of nitrogens with zero attached hydrogens (tertiary/aromatic N) is 2. The highest BCUT2D eigenvalue weighted by Gasteiger charge is 2.26. The van der Waals surface area contributed by atoms with Gasteiger partial charge in [-0.1, -0.05) is 19.1 Å². The number of hydrogen-bond acceptors (Lipinski definition) is 2. The maximum Gasteiger partial charge on any atom is 0.261 e. The molecule has 1 saturated carbocycles. The summed E-state index contributed by atoms with van der Waals surface area (Å²) in [5, 5.41) is 0.691. The van der Waals surface area contributed by atoms with E-state index in [4.69, 9.17) is 11.6 Å². The largest absolute Gasteiger partial charge is 0.292 e. The molecule has 1 aromatic carbocycles. The molecule has 0 N–H and O–H groups in total. The summed E-state index contributed by atoms with van der Waals surface area (Å²) in [7, 11) is 0. The molecule has 0 amide bonds. The number of halogens is 1. The molecule has 0 radical (unpaired) electrons. The third-order valence-corrected chi connectivity index (χ3v) is 4.27. The van der Waals surface area contributed by atoms with Crippen molar-refractivity contribution in [3.8, 4) is 0 Å². The molecule has 19 heavy (non-hydrogen) atoms. The van der Waals surface area contributed by atoms with Crippen molar-refractivity contribution >= 4 is 22.5 Å². The molecule has 1 aliphatic carbocycles. The predicted molar refractivity (Wildman–Crippen MR) is 77.6 cm³/mol. The van der Waals surface area contributed by atoms with Gasteiger partial charge in [0.25, 0.3) is 5.56 Å². The molecule has 1 aromatic heterocycles. The van der Waals surface area contributed by atoms with E-state index in [0.717, 1.165) is 18.4 Å². The number of benzene rings is 1. The van der Waals surface area contributed by atoms with Gasteiger partial charge < -0.3 is 0 Å². The van der Waals surface area contributed by atoms with Crippen molar-refractivity contribution in [2.24, 2.45) is 5.92 Å². The topological polar surface area (TPSA) is 34.9 Å². The second-order valence-corrected chi connectivity index (χ2v) is 5.69. The Morgan fingerprint density at radius 1 is 1.37 bits per heavy atom. The molecule has 3 rings (SSSR count). The monoisotopic (exact) mass is 276 g/mol. The van der Waals surface area contributed by atoms with Crippen LogP contribution in [0, 0.1) is 5.92 Å². The quantitative estimate of drug-likeness (QED) is 0.787. The van der Waals surface area contributed by atoms with Crippen LogP contribution in [-0.2, 0) is 5.88 Å². The van der Waals surface area contributed by atoms with Crippen molar-refractivity contribution in [1.82, 2.24) is 9.55 Å². The van der Waals surface area contributed by atoms with Gasteiger partial charge >= 0.3 is 0 Å². The first kappa shape index (κ1) is 12.7. The third kappa shape index (κ3) is 2.16. The van der Waals surface area contributed by atoms with Crippen LogP contribution < -0.4 is 5.56 Å². The summed E-state index contributed by atoms with van der Waals surface area (Å²) >= 11 is 6.00. The fraction of sp³-hybridized carbons (Fsp3) is 0.467. The first-order valence-electron chi connectivity index (χ1n) is 6.77. The molecule has 1 aliphatic rings. The van der Waals surface area contributed by atoms with Gasteiger partial charge in [0.15, 0.2) is 0 Å². The van der Waals surface area contributed by atoms with Crippen LogP contribution in [0.3, 0.4) is 0 Å². The summed E-state index contributed by atoms with van der Waals surface area (Å²) < 4.78 is 1.83. The Kier molecular flexibility index (Phi) is 3.31. The Morgan fingerprint density at radius 3 is 2.84 bits per heavy atom. The van der Waals surface area contributed by atoms with Gasteiger partial charge in [-0.25, -0.2) is 4.98 Å². The summed E-state index contributed by atoms with van der Waals surface area (Å²) in [6, 6.07) is 7.75. The molecule has 2 aromatic rings. The standard InChI is InChI=1S/C15H17ClN2O/c1-10-6-7-11(8-10)18-14(9-16)17-13-5-3-2-4-12(13)15(18)19/h2-5,10-11H,6-9H2,1H3. The van der Waals surface area contributed by atoms with E-state index in [1.165, 1.54) is 6.42 Å². The Hall–Kier alpha value is -1.35. The van der Waals surface area contributed by atoms with Crippen LogP contribution in [0.4, 0.5) is 0 Å². The molecule has 3 nitrogen and oxygen atoms in total. The van der Waals surface area contributed by atoms with E-state index in [9.17, 15) is 4.79 Å². The number of alkyl halides is 1. The van der Waals surface area contributed by atoms with Gasteiger partial charge in [-0.3, -0.25) is 9.36 Å². The molecule has 0 aliphatic heterocycles. The Balaban J connectivity index is 2.22. The van der Waals surface area contributed by atoms with Crippen LogP contribution in [0.25, 0.3) is 10.9 Å². The van der Waals surface area contributed by atoms with Gasteiger partial charge in [0.1, 0.15) is 5.82 Å². The van der Waals surface area contributed by atoms with Crippen LogP contribution in [0.5, 0.6) is 0 Å². The van der Waals surface area contributed by atoms with Gasteiger partial charge in [-0.15, -0.1) is 11.6 Å². The SMILES string of the molecule is CC1CCC(n2c(CCl)nc3ccccc3c2=O)C1. The fourth-order valence-corrected chi connectivity index (χ4v) is 3.26. The average Bonchev–Trinajstić information content (AvgIpc) is 2.84. The highest BCUT2D eigenvalue weighted by atomic mass is 35.5. The minimum Gasteiger partial charge on any atom is -0.292 e. The van der Waals surface area contributed by atoms with Crippen LogP contribution in [0.15, 0.2) is 29.1 Å². The molecule has 1 heterocycles. The van der Waals surface area contributed by atoms with Gasteiger partial charge in [-0.05, 0) is 37.3 Å². The summed E-state index contributed by atoms with van der Waals surface area (Å²) in [6.07, 6.45) is 3.26. The minimum absolute atomic E-state index is 0.0559. The van der Waals surface area contributed by atoms with E-state index in [0.29, 0.717) is 17.1 Å². The molecule has 1 fully saturated rings. The van der Waals surface area contributed by atoms with Gasteiger partial charge in [0, 0.05) is 6.04 Å². The lowest BCUT2D eigenvalue weighted by atomic mass is 10.1. The first-order valence-corrected chi connectivity index (χ1v) is 7.30. The summed E-state index contributed by atoms with van der Waals surface area (Å²) in [6.45, 7) is 2.24. The lowest BCUT2D eigenvalue weighted by molar-refractivity contribution is 0.465. The summed E-state index contributed by atoms with van der Waals surface area (Å²) in [5.41, 5.74) is 0.797. The zero-order chi connectivity index (χ0) is 13.4. The maximum atomic E-state index is 12.7. The van der Waals surface area contributed by atoms with E-state index in [2.05, 4.69) is 11.9 Å². The molecule has 0 saturated heterocycles. The number of hydrogen-bond donors (Lipinski definition) is 0. The maximum absolute atomic E-state index is 12.7. The number of fused-ring (bicyclic) bond motifs is 1. The van der Waals surface area contributed by atoms with E-state index in [1.807, 2.05) is 28.8 Å². The smallest absolute Gasteiger partial charge is 0.261 e. The molecule has 0 bridgehead atoms. The van der Waals surface area contributed by atoms with E-state index in [-0.39, 0.29) is 17.5 Å². The molecular weight excluding hydrogens is 260 g/mol. The Labute approximate surface area is 117 Å². The zero-order valence-electron chi connectivity index (χ0n) is 11.0. The molecule has 0 spiro atoms. The zero-order valence-corrected chi connectivity index (χ0v) is 11.7. The normalized spacial score (nSPS) is 23.1. The van der Waals surface area contributed by atoms with Crippen molar-refractivity contribution in [3.63, 3.8) is 0 Å². The highest BCUT2D eigenvalue weighted by Crippen LogP contribution is 2.34. The van der Waals surface area contributed by atoms with Crippen LogP contribution in [-0.4, -0.2) is 9.55 Å². The predicted octanol–water partition coefficient (Wildman–Crippen LogP) is 3.50. The molecule has 2 atom stereocenters. The third-order valence-electron chi connectivity index (χ3n) is 4.03. The van der Waals surface area contributed by atoms with Crippen molar-refractivity contribution in [2.45, 2.75) is 38.1 Å². The number of para-hydroxylation sites is 1. The van der Waals surface area contributed by atoms with Gasteiger partial charge in [-0.2, -0.15) is 0 Å². The molecule has 100 valence electrons. The van der Waals surface area contributed by atoms with E-state index < -0.39 is 0 Å². The summed E-state index contributed by atoms with van der Waals surface area (Å²) in [4.78, 5) is 17.2. The van der Waals surface area contributed by atoms with Crippen molar-refractivity contribution < 1.29 is 0 Å². The minimum atomic E-state index is 0.0559. The summed E-state index contributed by atoms with van der Waals surface area (Å²) in [5.74, 6) is 1.65. The average molecular weight is 277 g/mol. The second kappa shape index (κ2) is 4.97. The van der Waals surface area contributed by atoms with Gasteiger partial charge in [0.05, 0.1) is 16.8 Å². The van der Waals surface area contributed by atoms with Gasteiger partial charge in [0.2, 0.25) is 0 Å². The second-order valence-electron chi connectivity index (χ2n) is 5.43. The Morgan fingerprint density at radius 2 is 2.16 bits per heavy atom. The Bertz CT molecular complexity index is 665. The van der Waals surface area contributed by atoms with Crippen molar-refractivity contribution in [3.05, 3.63) is 40.4 Å².